The van der Waals surface area contributed by atoms with E-state index in [0.29, 0.717) is 27.9 Å². The van der Waals surface area contributed by atoms with Gasteiger partial charge in [-0.05, 0) is 60.7 Å². The molecular formula is C22H16ClN3O3. The fourth-order valence-electron chi connectivity index (χ4n) is 2.53. The van der Waals surface area contributed by atoms with Crippen molar-refractivity contribution in [2.24, 2.45) is 0 Å². The Kier molecular flexibility index (Phi) is 6.12. The third kappa shape index (κ3) is 5.34. The number of nitriles is 1. The number of anilines is 2. The van der Waals surface area contributed by atoms with E-state index in [-0.39, 0.29) is 11.5 Å². The number of carbonyl (C=O) groups is 2. The smallest absolute Gasteiger partial charge is 0.266 e. The molecule has 0 radical (unpaired) electrons. The summed E-state index contributed by atoms with van der Waals surface area (Å²) in [6.07, 6.45) is 1.38. The van der Waals surface area contributed by atoms with E-state index in [4.69, 9.17) is 16.0 Å². The van der Waals surface area contributed by atoms with Gasteiger partial charge >= 0.3 is 0 Å². The van der Waals surface area contributed by atoms with Crippen LogP contribution in [-0.4, -0.2) is 11.8 Å². The van der Waals surface area contributed by atoms with Crippen LogP contribution in [-0.2, 0) is 9.59 Å². The van der Waals surface area contributed by atoms with E-state index in [1.807, 2.05) is 18.2 Å². The first-order valence-electron chi connectivity index (χ1n) is 8.61. The van der Waals surface area contributed by atoms with Crippen LogP contribution in [0.4, 0.5) is 11.4 Å². The lowest BCUT2D eigenvalue weighted by molar-refractivity contribution is -0.114. The first-order chi connectivity index (χ1) is 13.9. The Balaban J connectivity index is 1.72. The second kappa shape index (κ2) is 8.91. The van der Waals surface area contributed by atoms with Crippen molar-refractivity contribution in [3.63, 3.8) is 0 Å². The number of rotatable bonds is 5. The number of furan rings is 1. The molecule has 0 spiro atoms. The molecular weight excluding hydrogens is 390 g/mol. The highest BCUT2D eigenvalue weighted by Crippen LogP contribution is 2.25. The topological polar surface area (TPSA) is 95.1 Å². The Morgan fingerprint density at radius 3 is 2.17 bits per heavy atom. The van der Waals surface area contributed by atoms with Crippen LogP contribution < -0.4 is 10.6 Å². The molecule has 0 bridgehead atoms. The van der Waals surface area contributed by atoms with E-state index in [1.54, 1.807) is 48.5 Å². The summed E-state index contributed by atoms with van der Waals surface area (Å²) in [5.74, 6) is 0.221. The lowest BCUT2D eigenvalue weighted by atomic mass is 10.2. The van der Waals surface area contributed by atoms with E-state index in [0.717, 1.165) is 5.56 Å². The van der Waals surface area contributed by atoms with Gasteiger partial charge in [0.2, 0.25) is 5.91 Å². The van der Waals surface area contributed by atoms with Crippen molar-refractivity contribution in [1.82, 2.24) is 0 Å². The van der Waals surface area contributed by atoms with Crippen LogP contribution in [0.15, 0.2) is 70.7 Å². The fraction of sp³-hybridized carbons (Fsp3) is 0.0455. The summed E-state index contributed by atoms with van der Waals surface area (Å²) < 4.78 is 5.70. The Hall–Kier alpha value is -3.82. The van der Waals surface area contributed by atoms with Crippen molar-refractivity contribution >= 4 is 40.9 Å². The van der Waals surface area contributed by atoms with Crippen LogP contribution in [0.25, 0.3) is 17.4 Å². The monoisotopic (exact) mass is 405 g/mol. The number of nitrogens with one attached hydrogen (secondary N) is 2. The van der Waals surface area contributed by atoms with Gasteiger partial charge in [-0.25, -0.2) is 0 Å². The normalized spacial score (nSPS) is 10.9. The van der Waals surface area contributed by atoms with E-state index < -0.39 is 5.91 Å². The lowest BCUT2D eigenvalue weighted by Gasteiger charge is -2.06. The van der Waals surface area contributed by atoms with E-state index >= 15 is 0 Å². The van der Waals surface area contributed by atoms with Crippen LogP contribution in [0, 0.1) is 11.3 Å². The zero-order chi connectivity index (χ0) is 20.8. The van der Waals surface area contributed by atoms with E-state index in [2.05, 4.69) is 10.6 Å². The third-order valence-corrected chi connectivity index (χ3v) is 4.12. The molecule has 0 fully saturated rings. The van der Waals surface area contributed by atoms with E-state index in [1.165, 1.54) is 13.0 Å². The van der Waals surface area contributed by atoms with Gasteiger partial charge in [-0.15, -0.1) is 0 Å². The highest BCUT2D eigenvalue weighted by atomic mass is 35.5. The molecule has 0 saturated heterocycles. The predicted molar refractivity (Wildman–Crippen MR) is 112 cm³/mol. The number of hydrogen-bond donors (Lipinski definition) is 2. The van der Waals surface area contributed by atoms with Gasteiger partial charge in [0.25, 0.3) is 5.91 Å². The third-order valence-electron chi connectivity index (χ3n) is 3.87. The molecule has 1 aromatic heterocycles. The van der Waals surface area contributed by atoms with Crippen molar-refractivity contribution in [2.75, 3.05) is 10.6 Å². The summed E-state index contributed by atoms with van der Waals surface area (Å²) in [6.45, 7) is 1.41. The summed E-state index contributed by atoms with van der Waals surface area (Å²) in [5.41, 5.74) is 1.83. The lowest BCUT2D eigenvalue weighted by Crippen LogP contribution is -2.13. The van der Waals surface area contributed by atoms with Crippen molar-refractivity contribution in [2.45, 2.75) is 6.92 Å². The van der Waals surface area contributed by atoms with Gasteiger partial charge in [-0.2, -0.15) is 5.26 Å². The minimum atomic E-state index is -0.566. The average Bonchev–Trinajstić information content (AvgIpc) is 3.16. The highest BCUT2D eigenvalue weighted by molar-refractivity contribution is 6.30. The maximum absolute atomic E-state index is 12.4. The Labute approximate surface area is 172 Å². The van der Waals surface area contributed by atoms with Gasteiger partial charge in [0.15, 0.2) is 0 Å². The van der Waals surface area contributed by atoms with Crippen LogP contribution >= 0.6 is 11.6 Å². The molecule has 0 aliphatic rings. The number of nitrogens with zero attached hydrogens (tertiary/aromatic N) is 1. The summed E-state index contributed by atoms with van der Waals surface area (Å²) in [6, 6.07) is 19.0. The molecule has 3 rings (SSSR count). The largest absolute Gasteiger partial charge is 0.457 e. The number of amides is 2. The van der Waals surface area contributed by atoms with Gasteiger partial charge in [0, 0.05) is 35.0 Å². The molecule has 2 amide bonds. The second-order valence-corrected chi connectivity index (χ2v) is 6.53. The summed E-state index contributed by atoms with van der Waals surface area (Å²) in [5, 5.41) is 15.2. The summed E-state index contributed by atoms with van der Waals surface area (Å²) in [7, 11) is 0. The molecule has 2 N–H and O–H groups in total. The molecule has 7 heteroatoms. The Morgan fingerprint density at radius 1 is 0.966 bits per heavy atom. The first-order valence-corrected chi connectivity index (χ1v) is 8.99. The van der Waals surface area contributed by atoms with Gasteiger partial charge in [-0.3, -0.25) is 9.59 Å². The zero-order valence-corrected chi connectivity index (χ0v) is 16.2. The van der Waals surface area contributed by atoms with Crippen LogP contribution in [0.5, 0.6) is 0 Å². The van der Waals surface area contributed by atoms with Gasteiger partial charge in [0.1, 0.15) is 23.2 Å². The number of carbonyl (C=O) groups excluding carboxylic acids is 2. The first kappa shape index (κ1) is 19.9. The van der Waals surface area contributed by atoms with Crippen LogP contribution in [0.3, 0.4) is 0 Å². The van der Waals surface area contributed by atoms with Crippen LogP contribution in [0.1, 0.15) is 12.7 Å². The molecule has 6 nitrogen and oxygen atoms in total. The molecule has 0 saturated carbocycles. The molecule has 0 atom stereocenters. The zero-order valence-electron chi connectivity index (χ0n) is 15.4. The standard InChI is InChI=1S/C22H16ClN3O3/c1-14(27)25-18-6-8-19(9-7-18)26-22(28)16(13-24)12-20-10-11-21(29-20)15-2-4-17(23)5-3-15/h2-12H,1H3,(H,25,27)(H,26,28)/b16-12+. The molecule has 0 unspecified atom stereocenters. The Bertz CT molecular complexity index is 1110. The minimum absolute atomic E-state index is 0.104. The highest BCUT2D eigenvalue weighted by Gasteiger charge is 2.12. The SMILES string of the molecule is CC(=O)Nc1ccc(NC(=O)/C(C#N)=C/c2ccc(-c3ccc(Cl)cc3)o2)cc1. The molecule has 3 aromatic rings. The minimum Gasteiger partial charge on any atom is -0.457 e. The fourth-order valence-corrected chi connectivity index (χ4v) is 2.66. The predicted octanol–water partition coefficient (Wildman–Crippen LogP) is 5.10. The number of hydrogen-bond acceptors (Lipinski definition) is 4. The number of halogens is 1. The molecule has 0 aliphatic heterocycles. The molecule has 2 aromatic carbocycles. The van der Waals surface area contributed by atoms with Crippen LogP contribution in [0.2, 0.25) is 5.02 Å². The molecule has 0 aliphatic carbocycles. The van der Waals surface area contributed by atoms with Crippen molar-refractivity contribution in [1.29, 1.82) is 5.26 Å². The molecule has 144 valence electrons. The quantitative estimate of drug-likeness (QED) is 0.455. The summed E-state index contributed by atoms with van der Waals surface area (Å²) in [4.78, 5) is 23.4. The molecule has 29 heavy (non-hydrogen) atoms. The number of benzene rings is 2. The summed E-state index contributed by atoms with van der Waals surface area (Å²) >= 11 is 5.88. The molecule has 1 heterocycles. The van der Waals surface area contributed by atoms with Crippen molar-refractivity contribution < 1.29 is 14.0 Å². The Morgan fingerprint density at radius 2 is 1.59 bits per heavy atom. The van der Waals surface area contributed by atoms with E-state index in [9.17, 15) is 14.9 Å². The average molecular weight is 406 g/mol. The maximum atomic E-state index is 12.4. The second-order valence-electron chi connectivity index (χ2n) is 6.09. The van der Waals surface area contributed by atoms with Gasteiger partial charge in [-0.1, -0.05) is 11.6 Å². The maximum Gasteiger partial charge on any atom is 0.266 e. The van der Waals surface area contributed by atoms with Crippen molar-refractivity contribution in [3.8, 4) is 17.4 Å². The van der Waals surface area contributed by atoms with Gasteiger partial charge in [0.05, 0.1) is 0 Å². The van der Waals surface area contributed by atoms with Crippen molar-refractivity contribution in [3.05, 3.63) is 77.0 Å². The van der Waals surface area contributed by atoms with Gasteiger partial charge < -0.3 is 15.1 Å².